The van der Waals surface area contributed by atoms with Crippen LogP contribution in [-0.4, -0.2) is 86.8 Å². The number of rotatable bonds is 12. The molecular formula is C34H36F2N2O10. The monoisotopic (exact) mass is 670 g/mol. The van der Waals surface area contributed by atoms with E-state index in [1.807, 2.05) is 0 Å². The van der Waals surface area contributed by atoms with Crippen molar-refractivity contribution in [1.82, 2.24) is 10.2 Å². The topological polar surface area (TPSA) is 150 Å². The van der Waals surface area contributed by atoms with Gasteiger partial charge in [0.05, 0.1) is 11.6 Å². The molecule has 1 heterocycles. The molecule has 1 saturated heterocycles. The third-order valence-electron chi connectivity index (χ3n) is 7.63. The highest BCUT2D eigenvalue weighted by Crippen LogP contribution is 2.28. The lowest BCUT2D eigenvalue weighted by molar-refractivity contribution is 0.0179. The molecule has 3 aromatic rings. The minimum atomic E-state index is -1.18. The normalized spacial score (nSPS) is 16.1. The van der Waals surface area contributed by atoms with Gasteiger partial charge in [-0.25, -0.2) is 18.4 Å². The summed E-state index contributed by atoms with van der Waals surface area (Å²) in [7, 11) is 2.80. The number of esters is 1. The maximum absolute atomic E-state index is 14.7. The van der Waals surface area contributed by atoms with Crippen LogP contribution in [0.5, 0.6) is 11.5 Å². The van der Waals surface area contributed by atoms with Crippen molar-refractivity contribution in [2.24, 2.45) is 0 Å². The molecule has 0 bridgehead atoms. The van der Waals surface area contributed by atoms with E-state index in [1.54, 1.807) is 26.0 Å². The molecule has 0 unspecified atom stereocenters. The number of carbonyl (C=O) groups is 4. The fraction of sp³-hybridized carbons (Fsp3) is 0.353. The Morgan fingerprint density at radius 2 is 1.52 bits per heavy atom. The van der Waals surface area contributed by atoms with Crippen LogP contribution in [0.4, 0.5) is 13.6 Å². The molecule has 2 amide bonds. The number of hydrogen-bond acceptors (Lipinski definition) is 9. The van der Waals surface area contributed by atoms with Gasteiger partial charge in [-0.05, 0) is 62.1 Å². The van der Waals surface area contributed by atoms with E-state index in [4.69, 9.17) is 23.7 Å². The van der Waals surface area contributed by atoms with Crippen molar-refractivity contribution in [2.45, 2.75) is 38.8 Å². The Morgan fingerprint density at radius 1 is 0.896 bits per heavy atom. The number of carbonyl (C=O) groups excluding carboxylic acids is 3. The summed E-state index contributed by atoms with van der Waals surface area (Å²) in [4.78, 5) is 52.8. The number of methoxy groups -OCH3 is 2. The van der Waals surface area contributed by atoms with Gasteiger partial charge in [-0.2, -0.15) is 0 Å². The van der Waals surface area contributed by atoms with Gasteiger partial charge in [0.25, 0.3) is 5.91 Å². The number of carboxylic acid groups (broad SMARTS) is 1. The molecule has 2 atom stereocenters. The van der Waals surface area contributed by atoms with Gasteiger partial charge in [0.2, 0.25) is 0 Å². The minimum Gasteiger partial charge on any atom is -0.467 e. The number of ether oxygens (including phenoxy) is 5. The summed E-state index contributed by atoms with van der Waals surface area (Å²) in [5, 5.41) is 12.5. The lowest BCUT2D eigenvalue weighted by Gasteiger charge is -2.28. The summed E-state index contributed by atoms with van der Waals surface area (Å²) >= 11 is 0. The van der Waals surface area contributed by atoms with Gasteiger partial charge in [-0.15, -0.1) is 0 Å². The van der Waals surface area contributed by atoms with Crippen molar-refractivity contribution in [3.8, 4) is 11.5 Å². The number of halogens is 2. The highest BCUT2D eigenvalue weighted by atomic mass is 19.1. The van der Waals surface area contributed by atoms with Crippen LogP contribution in [0.15, 0.2) is 48.5 Å². The van der Waals surface area contributed by atoms with E-state index < -0.39 is 53.1 Å². The fourth-order valence-electron chi connectivity index (χ4n) is 5.38. The van der Waals surface area contributed by atoms with Crippen LogP contribution >= 0.6 is 0 Å². The molecule has 256 valence electrons. The van der Waals surface area contributed by atoms with Crippen LogP contribution in [0.3, 0.4) is 0 Å². The van der Waals surface area contributed by atoms with Gasteiger partial charge in [-0.1, -0.05) is 12.1 Å². The van der Waals surface area contributed by atoms with Crippen LogP contribution in [0.2, 0.25) is 0 Å². The molecule has 1 aliphatic rings. The average Bonchev–Trinajstić information content (AvgIpc) is 3.24. The number of ketones is 1. The number of aryl methyl sites for hydroxylation is 2. The smallest absolute Gasteiger partial charge is 0.407 e. The molecule has 3 aromatic carbocycles. The number of amides is 2. The summed E-state index contributed by atoms with van der Waals surface area (Å²) in [5.41, 5.74) is 1.21. The second-order valence-electron chi connectivity index (χ2n) is 11.1. The lowest BCUT2D eigenvalue weighted by atomic mass is 10.0. The SMILES string of the molecule is COCOc1cc(F)cc(F)c1C(=O)c1ccc(C(=O)O[C@@H]2CCCN(C(=O)O)C[C@H]2NC(=O)c2cc(C)c(OCOC)c(C)c2)cc1. The predicted octanol–water partition coefficient (Wildman–Crippen LogP) is 4.88. The first-order chi connectivity index (χ1) is 22.9. The van der Waals surface area contributed by atoms with Gasteiger partial charge in [0.15, 0.2) is 19.4 Å². The zero-order valence-corrected chi connectivity index (χ0v) is 26.8. The molecule has 0 spiro atoms. The second-order valence-corrected chi connectivity index (χ2v) is 11.1. The predicted molar refractivity (Wildman–Crippen MR) is 166 cm³/mol. The van der Waals surface area contributed by atoms with Gasteiger partial charge in [0.1, 0.15) is 34.8 Å². The van der Waals surface area contributed by atoms with Crippen molar-refractivity contribution < 1.29 is 56.7 Å². The van der Waals surface area contributed by atoms with Gasteiger partial charge in [0, 0.05) is 50.6 Å². The van der Waals surface area contributed by atoms with Crippen molar-refractivity contribution >= 4 is 23.8 Å². The molecular weight excluding hydrogens is 634 g/mol. The fourth-order valence-corrected chi connectivity index (χ4v) is 5.38. The largest absolute Gasteiger partial charge is 0.467 e. The summed E-state index contributed by atoms with van der Waals surface area (Å²) in [6, 6.07) is 8.97. The molecule has 14 heteroatoms. The van der Waals surface area contributed by atoms with Crippen molar-refractivity contribution in [3.63, 3.8) is 0 Å². The second kappa shape index (κ2) is 16.2. The van der Waals surface area contributed by atoms with Crippen LogP contribution in [0.1, 0.15) is 60.6 Å². The summed E-state index contributed by atoms with van der Waals surface area (Å²) < 4.78 is 54.8. The maximum atomic E-state index is 14.7. The molecule has 0 saturated carbocycles. The zero-order valence-electron chi connectivity index (χ0n) is 26.8. The minimum absolute atomic E-state index is 0.0137. The summed E-state index contributed by atoms with van der Waals surface area (Å²) in [6.07, 6.45) is -1.45. The summed E-state index contributed by atoms with van der Waals surface area (Å²) in [6.45, 7) is 3.28. The molecule has 2 N–H and O–H groups in total. The lowest BCUT2D eigenvalue weighted by Crippen LogP contribution is -2.51. The van der Waals surface area contributed by atoms with Gasteiger partial charge < -0.3 is 39.0 Å². The van der Waals surface area contributed by atoms with E-state index >= 15 is 0 Å². The molecule has 1 aliphatic heterocycles. The third kappa shape index (κ3) is 8.63. The van der Waals surface area contributed by atoms with Crippen LogP contribution in [0.25, 0.3) is 0 Å². The summed E-state index contributed by atoms with van der Waals surface area (Å²) in [5.74, 6) is -3.95. The Morgan fingerprint density at radius 3 is 2.15 bits per heavy atom. The number of nitrogens with zero attached hydrogens (tertiary/aromatic N) is 1. The maximum Gasteiger partial charge on any atom is 0.407 e. The average molecular weight is 671 g/mol. The Kier molecular flexibility index (Phi) is 12.0. The van der Waals surface area contributed by atoms with Crippen molar-refractivity contribution in [3.05, 3.63) is 93.5 Å². The standard InChI is InChI=1S/C34H36F2N2O10/c1-19-12-23(13-20(2)31(19)47-18-45-4)32(40)37-26-16-38(34(42)43)11-5-6-27(26)48-33(41)22-9-7-21(8-10-22)30(39)29-25(36)14-24(35)15-28(29)46-17-44-3/h7-10,12-15,26-27H,5-6,11,16-18H2,1-4H3,(H,37,40)(H,42,43)/t26-,27-/m1/s1. The van der Waals surface area contributed by atoms with E-state index in [0.29, 0.717) is 34.9 Å². The molecule has 0 aromatic heterocycles. The van der Waals surface area contributed by atoms with Crippen LogP contribution in [-0.2, 0) is 14.2 Å². The first-order valence-corrected chi connectivity index (χ1v) is 14.9. The number of nitrogens with one attached hydrogen (secondary N) is 1. The van der Waals surface area contributed by atoms with Crippen LogP contribution in [0, 0.1) is 25.5 Å². The highest BCUT2D eigenvalue weighted by molar-refractivity contribution is 6.11. The molecule has 0 radical (unpaired) electrons. The molecule has 48 heavy (non-hydrogen) atoms. The Labute approximate surface area is 275 Å². The van der Waals surface area contributed by atoms with Crippen molar-refractivity contribution in [1.29, 1.82) is 0 Å². The third-order valence-corrected chi connectivity index (χ3v) is 7.63. The first kappa shape index (κ1) is 35.8. The van der Waals surface area contributed by atoms with Gasteiger partial charge >= 0.3 is 12.1 Å². The molecule has 12 nitrogen and oxygen atoms in total. The molecule has 4 rings (SSSR count). The number of likely N-dealkylation sites (tertiary alicyclic amines) is 1. The van der Waals surface area contributed by atoms with Crippen LogP contribution < -0.4 is 14.8 Å². The van der Waals surface area contributed by atoms with Crippen molar-refractivity contribution in [2.75, 3.05) is 40.9 Å². The highest BCUT2D eigenvalue weighted by Gasteiger charge is 2.34. The Hall–Kier alpha value is -5.08. The Bertz CT molecular complexity index is 1640. The molecule has 0 aliphatic carbocycles. The van der Waals surface area contributed by atoms with E-state index in [1.165, 1.54) is 38.5 Å². The van der Waals surface area contributed by atoms with E-state index in [2.05, 4.69) is 5.32 Å². The zero-order chi connectivity index (χ0) is 35.0. The quantitative estimate of drug-likeness (QED) is 0.155. The first-order valence-electron chi connectivity index (χ1n) is 14.9. The number of benzene rings is 3. The molecule has 1 fully saturated rings. The van der Waals surface area contributed by atoms with E-state index in [0.717, 1.165) is 11.0 Å². The van der Waals surface area contributed by atoms with Gasteiger partial charge in [-0.3, -0.25) is 9.59 Å². The Balaban J connectivity index is 1.52. The number of hydrogen-bond donors (Lipinski definition) is 2. The van der Waals surface area contributed by atoms with E-state index in [9.17, 15) is 33.1 Å². The van der Waals surface area contributed by atoms with E-state index in [-0.39, 0.29) is 50.0 Å².